The summed E-state index contributed by atoms with van der Waals surface area (Å²) in [6, 6.07) is 5.69. The van der Waals surface area contributed by atoms with Gasteiger partial charge in [-0.3, -0.25) is 4.79 Å². The Labute approximate surface area is 139 Å². The van der Waals surface area contributed by atoms with Crippen LogP contribution in [0.15, 0.2) is 39.6 Å². The van der Waals surface area contributed by atoms with Crippen LogP contribution in [0.25, 0.3) is 16.9 Å². The lowest BCUT2D eigenvalue weighted by atomic mass is 10.2. The van der Waals surface area contributed by atoms with E-state index in [9.17, 15) is 4.79 Å². The molecule has 0 unspecified atom stereocenters. The lowest BCUT2D eigenvalue weighted by Gasteiger charge is -2.03. The predicted molar refractivity (Wildman–Crippen MR) is 89.7 cm³/mol. The summed E-state index contributed by atoms with van der Waals surface area (Å²) in [4.78, 5) is 11.3. The fraction of sp³-hybridized carbons (Fsp3) is 0.0667. The number of benzene rings is 1. The first kappa shape index (κ1) is 14.5. The summed E-state index contributed by atoms with van der Waals surface area (Å²) in [5.74, 6) is 0. The van der Waals surface area contributed by atoms with E-state index in [1.54, 1.807) is 22.2 Å². The Bertz CT molecular complexity index is 825. The summed E-state index contributed by atoms with van der Waals surface area (Å²) >= 11 is 11.2. The van der Waals surface area contributed by atoms with Gasteiger partial charge in [-0.15, -0.1) is 0 Å². The molecule has 3 rings (SSSR count). The molecule has 0 amide bonds. The van der Waals surface area contributed by atoms with Gasteiger partial charge in [0.15, 0.2) is 6.29 Å². The molecule has 2 heterocycles. The molecular formula is C15H10BrClN2OS. The van der Waals surface area contributed by atoms with Crippen LogP contribution in [0.5, 0.6) is 0 Å². The zero-order valence-electron chi connectivity index (χ0n) is 11.0. The molecule has 0 saturated carbocycles. The number of carbonyl (C=O) groups is 1. The number of rotatable bonds is 3. The van der Waals surface area contributed by atoms with Gasteiger partial charge in [0.2, 0.25) is 0 Å². The van der Waals surface area contributed by atoms with Crippen molar-refractivity contribution < 1.29 is 4.79 Å². The minimum Gasteiger partial charge on any atom is -0.298 e. The molecule has 0 aliphatic carbocycles. The van der Waals surface area contributed by atoms with Crippen LogP contribution >= 0.6 is 38.9 Å². The Morgan fingerprint density at radius 1 is 1.38 bits per heavy atom. The average molecular weight is 382 g/mol. The molecule has 0 aliphatic rings. The molecule has 0 spiro atoms. The minimum atomic E-state index is 0.547. The van der Waals surface area contributed by atoms with Crippen molar-refractivity contribution in [3.05, 3.63) is 55.8 Å². The predicted octanol–water partition coefficient (Wildman–Crippen LogP) is 5.14. The molecule has 21 heavy (non-hydrogen) atoms. The average Bonchev–Trinajstić information content (AvgIpc) is 3.07. The van der Waals surface area contributed by atoms with Gasteiger partial charge >= 0.3 is 0 Å². The number of carbonyl (C=O) groups excluding carboxylic acids is 1. The van der Waals surface area contributed by atoms with Crippen LogP contribution in [-0.2, 0) is 0 Å². The first-order valence-electron chi connectivity index (χ1n) is 6.13. The molecule has 2 aromatic heterocycles. The third-order valence-corrected chi connectivity index (χ3v) is 5.27. The van der Waals surface area contributed by atoms with Crippen LogP contribution in [0.2, 0.25) is 5.02 Å². The fourth-order valence-electron chi connectivity index (χ4n) is 1.99. The molecule has 0 N–H and O–H groups in total. The van der Waals surface area contributed by atoms with Gasteiger partial charge in [0.25, 0.3) is 0 Å². The summed E-state index contributed by atoms with van der Waals surface area (Å²) in [5.41, 5.74) is 3.95. The first-order valence-corrected chi connectivity index (χ1v) is 8.25. The second-order valence-corrected chi connectivity index (χ2v) is 6.57. The number of nitrogens with zero attached hydrogens (tertiary/aromatic N) is 2. The van der Waals surface area contributed by atoms with E-state index in [0.717, 1.165) is 27.6 Å². The smallest absolute Gasteiger partial charge is 0.153 e. The molecule has 0 atom stereocenters. The number of thiophene rings is 1. The number of aromatic nitrogens is 2. The van der Waals surface area contributed by atoms with Crippen molar-refractivity contribution in [1.29, 1.82) is 0 Å². The molecule has 0 saturated heterocycles. The second-order valence-electron chi connectivity index (χ2n) is 4.56. The lowest BCUT2D eigenvalue weighted by Crippen LogP contribution is -1.95. The maximum atomic E-state index is 11.3. The van der Waals surface area contributed by atoms with Crippen molar-refractivity contribution in [3.63, 3.8) is 0 Å². The number of hydrogen-bond acceptors (Lipinski definition) is 3. The highest BCUT2D eigenvalue weighted by atomic mass is 79.9. The molecule has 0 aliphatic heterocycles. The molecule has 0 bridgehead atoms. The van der Waals surface area contributed by atoms with E-state index in [1.807, 2.05) is 35.9 Å². The van der Waals surface area contributed by atoms with Crippen LogP contribution in [0.1, 0.15) is 15.9 Å². The van der Waals surface area contributed by atoms with E-state index in [-0.39, 0.29) is 0 Å². The zero-order valence-corrected chi connectivity index (χ0v) is 14.2. The number of halogens is 2. The lowest BCUT2D eigenvalue weighted by molar-refractivity contribution is 0.112. The van der Waals surface area contributed by atoms with Crippen molar-refractivity contribution in [2.45, 2.75) is 6.92 Å². The molecule has 6 heteroatoms. The van der Waals surface area contributed by atoms with Gasteiger partial charge < -0.3 is 0 Å². The molecule has 3 nitrogen and oxygen atoms in total. The number of aldehydes is 1. The summed E-state index contributed by atoms with van der Waals surface area (Å²) in [7, 11) is 0. The van der Waals surface area contributed by atoms with Crippen molar-refractivity contribution >= 4 is 45.2 Å². The summed E-state index contributed by atoms with van der Waals surface area (Å²) in [5, 5.41) is 9.13. The van der Waals surface area contributed by atoms with E-state index in [2.05, 4.69) is 21.0 Å². The quantitative estimate of drug-likeness (QED) is 0.589. The van der Waals surface area contributed by atoms with Gasteiger partial charge in [-0.1, -0.05) is 17.7 Å². The topological polar surface area (TPSA) is 34.9 Å². The summed E-state index contributed by atoms with van der Waals surface area (Å²) in [6.07, 6.45) is 2.53. The molecule has 0 fully saturated rings. The highest BCUT2D eigenvalue weighted by Gasteiger charge is 2.15. The van der Waals surface area contributed by atoms with Crippen LogP contribution in [-0.4, -0.2) is 16.1 Å². The van der Waals surface area contributed by atoms with E-state index >= 15 is 0 Å². The fourth-order valence-corrected chi connectivity index (χ4v) is 3.63. The maximum absolute atomic E-state index is 11.3. The first-order chi connectivity index (χ1) is 10.1. The molecule has 0 radical (unpaired) electrons. The van der Waals surface area contributed by atoms with Crippen LogP contribution in [0.4, 0.5) is 0 Å². The van der Waals surface area contributed by atoms with Gasteiger partial charge in [-0.2, -0.15) is 16.4 Å². The third-order valence-electron chi connectivity index (χ3n) is 3.16. The van der Waals surface area contributed by atoms with Crippen molar-refractivity contribution in [3.8, 4) is 16.9 Å². The van der Waals surface area contributed by atoms with E-state index in [4.69, 9.17) is 11.6 Å². The van der Waals surface area contributed by atoms with Gasteiger partial charge in [-0.05, 0) is 40.5 Å². The molecular weight excluding hydrogens is 372 g/mol. The second kappa shape index (κ2) is 5.75. The van der Waals surface area contributed by atoms with Crippen LogP contribution in [0.3, 0.4) is 0 Å². The number of hydrogen-bond donors (Lipinski definition) is 0. The van der Waals surface area contributed by atoms with E-state index in [1.165, 1.54) is 0 Å². The highest BCUT2D eigenvalue weighted by Crippen LogP contribution is 2.33. The van der Waals surface area contributed by atoms with Crippen molar-refractivity contribution in [1.82, 2.24) is 9.78 Å². The van der Waals surface area contributed by atoms with E-state index < -0.39 is 0 Å². The van der Waals surface area contributed by atoms with Gasteiger partial charge in [0.05, 0.1) is 11.3 Å². The van der Waals surface area contributed by atoms with Gasteiger partial charge in [0.1, 0.15) is 5.69 Å². The van der Waals surface area contributed by atoms with Crippen molar-refractivity contribution in [2.75, 3.05) is 0 Å². The van der Waals surface area contributed by atoms with Gasteiger partial charge in [-0.25, -0.2) is 4.68 Å². The van der Waals surface area contributed by atoms with Crippen molar-refractivity contribution in [2.24, 2.45) is 0 Å². The van der Waals surface area contributed by atoms with Crippen LogP contribution in [0, 0.1) is 6.92 Å². The van der Waals surface area contributed by atoms with E-state index in [0.29, 0.717) is 16.3 Å². The normalized spacial score (nSPS) is 10.8. The zero-order chi connectivity index (χ0) is 15.0. The molecule has 1 aromatic carbocycles. The number of aryl methyl sites for hydroxylation is 1. The highest BCUT2D eigenvalue weighted by molar-refractivity contribution is 9.10. The minimum absolute atomic E-state index is 0.547. The maximum Gasteiger partial charge on any atom is 0.153 e. The Hall–Kier alpha value is -1.43. The largest absolute Gasteiger partial charge is 0.298 e. The standard InChI is InChI=1S/C15H10BrClN2OS/c1-9-2-3-11(4-14(9)17)19-5-10(6-20)15(18-19)12-7-21-8-13(12)16/h2-8H,1H3. The molecule has 106 valence electrons. The Morgan fingerprint density at radius 2 is 2.19 bits per heavy atom. The van der Waals surface area contributed by atoms with Crippen LogP contribution < -0.4 is 0 Å². The van der Waals surface area contributed by atoms with Gasteiger partial charge in [0, 0.05) is 32.0 Å². The Morgan fingerprint density at radius 3 is 2.81 bits per heavy atom. The summed E-state index contributed by atoms with van der Waals surface area (Å²) < 4.78 is 2.61. The Balaban J connectivity index is 2.13. The monoisotopic (exact) mass is 380 g/mol. The SMILES string of the molecule is Cc1ccc(-n2cc(C=O)c(-c3cscc3Br)n2)cc1Cl. The molecule has 3 aromatic rings. The Kier molecular flexibility index (Phi) is 3.97. The third kappa shape index (κ3) is 2.69. The summed E-state index contributed by atoms with van der Waals surface area (Å²) in [6.45, 7) is 1.94.